The molecule has 0 aliphatic rings. The lowest BCUT2D eigenvalue weighted by Gasteiger charge is -2.19. The number of nitrogens with zero attached hydrogens (tertiary/aromatic N) is 1. The molecule has 0 atom stereocenters. The Hall–Kier alpha value is -3.46. The summed E-state index contributed by atoms with van der Waals surface area (Å²) < 4.78 is 15.2. The van der Waals surface area contributed by atoms with Crippen LogP contribution in [0, 0.1) is 0 Å². The van der Waals surface area contributed by atoms with Gasteiger partial charge >= 0.3 is 17.8 Å². The van der Waals surface area contributed by atoms with Crippen LogP contribution in [0.1, 0.15) is 31.1 Å². The second kappa shape index (κ2) is 8.50. The Morgan fingerprint density at radius 2 is 1.87 bits per heavy atom. The van der Waals surface area contributed by atoms with Crippen LogP contribution in [0.15, 0.2) is 45.6 Å². The SMILES string of the molecule is COC(=O)c1cc(-c2cc(-c3ccsc3)no2)ccc1NC(=O)C(=O)OC(C)(C)C. The molecule has 9 heteroatoms. The van der Waals surface area contributed by atoms with Crippen molar-refractivity contribution in [2.45, 2.75) is 26.4 Å². The van der Waals surface area contributed by atoms with Crippen molar-refractivity contribution in [2.24, 2.45) is 0 Å². The average molecular weight is 428 g/mol. The molecule has 0 fully saturated rings. The molecule has 0 aliphatic carbocycles. The zero-order valence-electron chi connectivity index (χ0n) is 16.8. The fourth-order valence-corrected chi connectivity index (χ4v) is 3.19. The Bertz CT molecular complexity index is 1080. The van der Waals surface area contributed by atoms with Gasteiger partial charge in [0.25, 0.3) is 0 Å². The van der Waals surface area contributed by atoms with Crippen LogP contribution in [-0.2, 0) is 19.1 Å². The van der Waals surface area contributed by atoms with E-state index >= 15 is 0 Å². The smallest absolute Gasteiger partial charge is 0.397 e. The molecule has 0 aliphatic heterocycles. The topological polar surface area (TPSA) is 108 Å². The van der Waals surface area contributed by atoms with E-state index in [2.05, 4.69) is 10.5 Å². The van der Waals surface area contributed by atoms with Gasteiger partial charge in [-0.25, -0.2) is 9.59 Å². The van der Waals surface area contributed by atoms with Crippen molar-refractivity contribution in [1.29, 1.82) is 0 Å². The number of benzene rings is 1. The number of esters is 2. The highest BCUT2D eigenvalue weighted by Crippen LogP contribution is 2.30. The molecule has 0 bridgehead atoms. The Kier molecular flexibility index (Phi) is 6.02. The number of thiophene rings is 1. The number of methoxy groups -OCH3 is 1. The predicted octanol–water partition coefficient (Wildman–Crippen LogP) is 4.14. The summed E-state index contributed by atoms with van der Waals surface area (Å²) in [7, 11) is 1.22. The molecule has 0 unspecified atom stereocenters. The van der Waals surface area contributed by atoms with E-state index in [0.29, 0.717) is 17.0 Å². The Morgan fingerprint density at radius 1 is 1.10 bits per heavy atom. The number of aromatic nitrogens is 1. The van der Waals surface area contributed by atoms with Gasteiger partial charge in [-0.15, -0.1) is 0 Å². The summed E-state index contributed by atoms with van der Waals surface area (Å²) in [4.78, 5) is 36.4. The zero-order chi connectivity index (χ0) is 21.9. The standard InChI is InChI=1S/C21H20N2O6S/c1-21(2,3)28-20(26)18(24)22-15-6-5-12(9-14(15)19(25)27-4)17-10-16(23-29-17)13-7-8-30-11-13/h5-11H,1-4H3,(H,22,24). The molecular formula is C21H20N2O6S. The quantitative estimate of drug-likeness (QED) is 0.491. The van der Waals surface area contributed by atoms with Crippen LogP contribution in [0.3, 0.4) is 0 Å². The fraction of sp³-hybridized carbons (Fsp3) is 0.238. The molecule has 0 saturated heterocycles. The molecule has 0 spiro atoms. The number of carbonyl (C=O) groups is 3. The van der Waals surface area contributed by atoms with Crippen molar-refractivity contribution in [3.8, 4) is 22.6 Å². The highest BCUT2D eigenvalue weighted by molar-refractivity contribution is 7.08. The molecule has 0 saturated carbocycles. The first-order valence-corrected chi connectivity index (χ1v) is 9.88. The predicted molar refractivity (Wildman–Crippen MR) is 111 cm³/mol. The van der Waals surface area contributed by atoms with E-state index < -0.39 is 23.4 Å². The van der Waals surface area contributed by atoms with Gasteiger partial charge in [0.1, 0.15) is 11.3 Å². The minimum absolute atomic E-state index is 0.0559. The van der Waals surface area contributed by atoms with Crippen molar-refractivity contribution in [3.63, 3.8) is 0 Å². The van der Waals surface area contributed by atoms with Crippen molar-refractivity contribution in [3.05, 3.63) is 46.7 Å². The molecule has 1 amide bonds. The first-order valence-electron chi connectivity index (χ1n) is 8.94. The first-order chi connectivity index (χ1) is 14.2. The molecule has 156 valence electrons. The average Bonchev–Trinajstić information content (AvgIpc) is 3.37. The minimum atomic E-state index is -1.06. The number of nitrogens with one attached hydrogen (secondary N) is 1. The lowest BCUT2D eigenvalue weighted by Crippen LogP contribution is -2.33. The largest absolute Gasteiger partial charge is 0.465 e. The maximum Gasteiger partial charge on any atom is 0.397 e. The second-order valence-corrected chi connectivity index (χ2v) is 8.08. The van der Waals surface area contributed by atoms with Crippen LogP contribution in [0.2, 0.25) is 0 Å². The van der Waals surface area contributed by atoms with E-state index in [0.717, 1.165) is 5.56 Å². The summed E-state index contributed by atoms with van der Waals surface area (Å²) in [6.07, 6.45) is 0. The van der Waals surface area contributed by atoms with Gasteiger partial charge < -0.3 is 19.3 Å². The number of ether oxygens (including phenoxy) is 2. The monoisotopic (exact) mass is 428 g/mol. The van der Waals surface area contributed by atoms with Gasteiger partial charge in [-0.3, -0.25) is 4.79 Å². The second-order valence-electron chi connectivity index (χ2n) is 7.30. The van der Waals surface area contributed by atoms with Crippen molar-refractivity contribution in [2.75, 3.05) is 12.4 Å². The molecule has 1 N–H and O–H groups in total. The summed E-state index contributed by atoms with van der Waals surface area (Å²) in [5.41, 5.74) is 1.48. The van der Waals surface area contributed by atoms with E-state index in [1.807, 2.05) is 16.8 Å². The van der Waals surface area contributed by atoms with Crippen LogP contribution >= 0.6 is 11.3 Å². The molecule has 3 aromatic rings. The maximum atomic E-state index is 12.3. The number of hydrogen-bond donors (Lipinski definition) is 1. The lowest BCUT2D eigenvalue weighted by molar-refractivity contribution is -0.161. The van der Waals surface area contributed by atoms with Crippen molar-refractivity contribution < 1.29 is 28.4 Å². The zero-order valence-corrected chi connectivity index (χ0v) is 17.7. The van der Waals surface area contributed by atoms with Crippen molar-refractivity contribution in [1.82, 2.24) is 5.16 Å². The number of hydrogen-bond acceptors (Lipinski definition) is 8. The molecular weight excluding hydrogens is 408 g/mol. The van der Waals surface area contributed by atoms with E-state index in [-0.39, 0.29) is 11.3 Å². The van der Waals surface area contributed by atoms with Gasteiger partial charge in [0.05, 0.1) is 18.4 Å². The maximum absolute atomic E-state index is 12.3. The third-order valence-corrected chi connectivity index (χ3v) is 4.55. The van der Waals surface area contributed by atoms with E-state index in [9.17, 15) is 14.4 Å². The number of amides is 1. The van der Waals surface area contributed by atoms with Crippen LogP contribution in [0.5, 0.6) is 0 Å². The third kappa shape index (κ3) is 4.93. The van der Waals surface area contributed by atoms with Crippen LogP contribution in [0.4, 0.5) is 5.69 Å². The first kappa shape index (κ1) is 21.3. The van der Waals surface area contributed by atoms with Gasteiger partial charge in [-0.2, -0.15) is 11.3 Å². The number of anilines is 1. The Labute approximate surface area is 176 Å². The minimum Gasteiger partial charge on any atom is -0.465 e. The number of carbonyl (C=O) groups excluding carboxylic acids is 3. The molecule has 1 aromatic carbocycles. The Morgan fingerprint density at radius 3 is 2.50 bits per heavy atom. The molecule has 2 aromatic heterocycles. The van der Waals surface area contributed by atoms with Gasteiger partial charge in [-0.1, -0.05) is 5.16 Å². The van der Waals surface area contributed by atoms with Crippen molar-refractivity contribution >= 4 is 34.9 Å². The normalized spacial score (nSPS) is 11.1. The highest BCUT2D eigenvalue weighted by Gasteiger charge is 2.25. The van der Waals surface area contributed by atoms with E-state index in [1.54, 1.807) is 44.2 Å². The summed E-state index contributed by atoms with van der Waals surface area (Å²) in [6, 6.07) is 8.28. The molecule has 0 radical (unpaired) electrons. The summed E-state index contributed by atoms with van der Waals surface area (Å²) in [5, 5.41) is 10.3. The van der Waals surface area contributed by atoms with Gasteiger partial charge in [-0.05, 0) is 50.4 Å². The third-order valence-electron chi connectivity index (χ3n) is 3.87. The summed E-state index contributed by atoms with van der Waals surface area (Å²) in [6.45, 7) is 4.94. The molecule has 2 heterocycles. The van der Waals surface area contributed by atoms with Gasteiger partial charge in [0.15, 0.2) is 5.76 Å². The molecule has 3 rings (SSSR count). The number of rotatable bonds is 4. The molecule has 30 heavy (non-hydrogen) atoms. The van der Waals surface area contributed by atoms with Crippen LogP contribution in [-0.4, -0.2) is 35.7 Å². The highest BCUT2D eigenvalue weighted by atomic mass is 32.1. The van der Waals surface area contributed by atoms with E-state index in [4.69, 9.17) is 14.0 Å². The van der Waals surface area contributed by atoms with Crippen LogP contribution in [0.25, 0.3) is 22.6 Å². The Balaban J connectivity index is 1.88. The van der Waals surface area contributed by atoms with E-state index in [1.165, 1.54) is 19.2 Å². The van der Waals surface area contributed by atoms with Gasteiger partial charge in [0.2, 0.25) is 0 Å². The summed E-state index contributed by atoms with van der Waals surface area (Å²) in [5.74, 6) is -2.31. The fourth-order valence-electron chi connectivity index (χ4n) is 2.54. The van der Waals surface area contributed by atoms with Crippen LogP contribution < -0.4 is 5.32 Å². The summed E-state index contributed by atoms with van der Waals surface area (Å²) >= 11 is 1.54. The lowest BCUT2D eigenvalue weighted by atomic mass is 10.1. The molecule has 8 nitrogen and oxygen atoms in total. The van der Waals surface area contributed by atoms with Gasteiger partial charge in [0, 0.05) is 22.6 Å².